The van der Waals surface area contributed by atoms with E-state index in [2.05, 4.69) is 19.1 Å². The molecule has 0 bridgehead atoms. The Morgan fingerprint density at radius 2 is 1.37 bits per heavy atom. The molecule has 3 atom stereocenters. The second-order valence-corrected chi connectivity index (χ2v) is 9.08. The van der Waals surface area contributed by atoms with Crippen molar-refractivity contribution in [3.8, 4) is 0 Å². The Bertz CT molecular complexity index is 1340. The summed E-state index contributed by atoms with van der Waals surface area (Å²) in [4.78, 5) is 30.0. The molecule has 1 heterocycles. The molecule has 0 saturated heterocycles. The van der Waals surface area contributed by atoms with Crippen molar-refractivity contribution in [3.63, 3.8) is 0 Å². The van der Waals surface area contributed by atoms with Gasteiger partial charge < -0.3 is 9.47 Å². The van der Waals surface area contributed by atoms with Crippen LogP contribution < -0.4 is 0 Å². The maximum absolute atomic E-state index is 12.6. The van der Waals surface area contributed by atoms with Crippen molar-refractivity contribution >= 4 is 22.8 Å². The van der Waals surface area contributed by atoms with Gasteiger partial charge in [-0.25, -0.2) is 9.59 Å². The van der Waals surface area contributed by atoms with Crippen LogP contribution in [0.25, 0.3) is 10.9 Å². The fraction of sp³-hybridized carbons (Fsp3) is 0.233. The molecular formula is C30H27NO4. The fourth-order valence-corrected chi connectivity index (χ4v) is 4.83. The minimum Gasteiger partial charge on any atom is -0.462 e. The molecule has 5 heteroatoms. The van der Waals surface area contributed by atoms with Crippen molar-refractivity contribution in [2.75, 3.05) is 13.2 Å². The molecule has 3 unspecified atom stereocenters. The third kappa shape index (κ3) is 4.94. The lowest BCUT2D eigenvalue weighted by molar-refractivity contribution is -0.0157. The van der Waals surface area contributed by atoms with Crippen LogP contribution in [0.5, 0.6) is 0 Å². The number of hydrogen-bond acceptors (Lipinski definition) is 5. The highest BCUT2D eigenvalue weighted by molar-refractivity contribution is 5.89. The van der Waals surface area contributed by atoms with Gasteiger partial charge in [0.25, 0.3) is 0 Å². The second-order valence-electron chi connectivity index (χ2n) is 9.08. The van der Waals surface area contributed by atoms with Gasteiger partial charge in [-0.2, -0.15) is 0 Å². The Kier molecular flexibility index (Phi) is 6.57. The monoisotopic (exact) mass is 465 g/mol. The van der Waals surface area contributed by atoms with Gasteiger partial charge in [0.15, 0.2) is 0 Å². The molecule has 3 aromatic carbocycles. The van der Waals surface area contributed by atoms with Crippen LogP contribution in [0.3, 0.4) is 0 Å². The zero-order valence-electron chi connectivity index (χ0n) is 19.6. The number of carbonyl (C=O) groups is 2. The minimum atomic E-state index is -0.348. The van der Waals surface area contributed by atoms with Gasteiger partial charge in [0, 0.05) is 28.8 Å². The van der Waals surface area contributed by atoms with Crippen molar-refractivity contribution in [1.29, 1.82) is 0 Å². The Morgan fingerprint density at radius 3 is 2.03 bits per heavy atom. The maximum atomic E-state index is 12.6. The number of aryl methyl sites for hydroxylation is 1. The fourth-order valence-electron chi connectivity index (χ4n) is 4.83. The predicted octanol–water partition coefficient (Wildman–Crippen LogP) is 5.98. The zero-order valence-corrected chi connectivity index (χ0v) is 19.6. The van der Waals surface area contributed by atoms with E-state index in [1.54, 1.807) is 24.3 Å². The van der Waals surface area contributed by atoms with E-state index in [1.165, 1.54) is 5.56 Å². The lowest BCUT2D eigenvalue weighted by atomic mass is 9.63. The SMILES string of the molecule is Cc1cc(C2CC(COC(=O)c3ccccc3)C2COC(=O)c2ccccc2)nc2ccccc12. The summed E-state index contributed by atoms with van der Waals surface area (Å²) >= 11 is 0. The second kappa shape index (κ2) is 10.1. The van der Waals surface area contributed by atoms with Crippen molar-refractivity contribution in [2.45, 2.75) is 19.3 Å². The van der Waals surface area contributed by atoms with E-state index in [-0.39, 0.29) is 42.9 Å². The highest BCUT2D eigenvalue weighted by Gasteiger charge is 2.44. The van der Waals surface area contributed by atoms with Crippen LogP contribution in [-0.2, 0) is 9.47 Å². The number of fused-ring (bicyclic) bond motifs is 1. The van der Waals surface area contributed by atoms with Gasteiger partial charge in [-0.1, -0.05) is 54.6 Å². The molecule has 1 aliphatic rings. The summed E-state index contributed by atoms with van der Waals surface area (Å²) in [6, 6.07) is 28.2. The Morgan fingerprint density at radius 1 is 0.800 bits per heavy atom. The smallest absolute Gasteiger partial charge is 0.338 e. The Hall–Kier alpha value is -3.99. The van der Waals surface area contributed by atoms with Crippen molar-refractivity contribution in [2.24, 2.45) is 11.8 Å². The van der Waals surface area contributed by atoms with E-state index >= 15 is 0 Å². The van der Waals surface area contributed by atoms with Gasteiger partial charge in [0.1, 0.15) is 0 Å². The summed E-state index contributed by atoms with van der Waals surface area (Å²) in [7, 11) is 0. The van der Waals surface area contributed by atoms with Crippen LogP contribution in [0, 0.1) is 18.8 Å². The molecule has 0 spiro atoms. The molecule has 0 amide bonds. The number of rotatable bonds is 7. The quantitative estimate of drug-likeness (QED) is 0.314. The van der Waals surface area contributed by atoms with Gasteiger partial charge in [0.2, 0.25) is 0 Å². The largest absolute Gasteiger partial charge is 0.462 e. The highest BCUT2D eigenvalue weighted by Crippen LogP contribution is 2.47. The lowest BCUT2D eigenvalue weighted by Crippen LogP contribution is -2.42. The number of ether oxygens (including phenoxy) is 2. The summed E-state index contributed by atoms with van der Waals surface area (Å²) in [6.07, 6.45) is 0.820. The first-order valence-electron chi connectivity index (χ1n) is 11.9. The van der Waals surface area contributed by atoms with Gasteiger partial charge >= 0.3 is 11.9 Å². The number of pyridine rings is 1. The number of aromatic nitrogens is 1. The average molecular weight is 466 g/mol. The topological polar surface area (TPSA) is 65.5 Å². The van der Waals surface area contributed by atoms with Gasteiger partial charge in [-0.15, -0.1) is 0 Å². The van der Waals surface area contributed by atoms with Gasteiger partial charge in [-0.05, 0) is 55.3 Å². The summed E-state index contributed by atoms with van der Waals surface area (Å²) in [5.74, 6) is -0.459. The van der Waals surface area contributed by atoms with Crippen LogP contribution in [0.1, 0.15) is 44.3 Å². The maximum Gasteiger partial charge on any atom is 0.338 e. The minimum absolute atomic E-state index is 0.0132. The highest BCUT2D eigenvalue weighted by atomic mass is 16.5. The third-order valence-electron chi connectivity index (χ3n) is 6.86. The molecule has 1 aliphatic carbocycles. The van der Waals surface area contributed by atoms with Crippen LogP contribution in [0.4, 0.5) is 0 Å². The van der Waals surface area contributed by atoms with E-state index < -0.39 is 0 Å². The van der Waals surface area contributed by atoms with Crippen LogP contribution in [0.2, 0.25) is 0 Å². The molecule has 0 aliphatic heterocycles. The molecule has 4 aromatic rings. The van der Waals surface area contributed by atoms with E-state index in [0.717, 1.165) is 23.0 Å². The number of esters is 2. The molecule has 0 N–H and O–H groups in total. The summed E-state index contributed by atoms with van der Waals surface area (Å²) in [5.41, 5.74) is 4.18. The molecule has 1 fully saturated rings. The standard InChI is InChI=1S/C30H27NO4/c1-20-16-28(31-27-15-9-8-14-24(20)27)25-17-23(18-34-29(32)21-10-4-2-5-11-21)26(25)19-35-30(33)22-12-6-3-7-13-22/h2-16,23,25-26H,17-19H2,1H3. The number of para-hydroxylation sites is 1. The molecule has 176 valence electrons. The number of hydrogen-bond donors (Lipinski definition) is 0. The number of nitrogens with zero attached hydrogens (tertiary/aromatic N) is 1. The van der Waals surface area contributed by atoms with E-state index in [1.807, 2.05) is 54.6 Å². The number of carbonyl (C=O) groups excluding carboxylic acids is 2. The lowest BCUT2D eigenvalue weighted by Gasteiger charge is -2.43. The molecule has 1 saturated carbocycles. The molecule has 0 radical (unpaired) electrons. The van der Waals surface area contributed by atoms with Crippen molar-refractivity contribution < 1.29 is 19.1 Å². The number of benzene rings is 3. The molecule has 5 nitrogen and oxygen atoms in total. The summed E-state index contributed by atoms with van der Waals surface area (Å²) in [5, 5.41) is 1.14. The molecule has 5 rings (SSSR count). The van der Waals surface area contributed by atoms with Crippen LogP contribution in [0.15, 0.2) is 91.0 Å². The first kappa shape index (κ1) is 22.8. The van der Waals surface area contributed by atoms with Crippen LogP contribution >= 0.6 is 0 Å². The summed E-state index contributed by atoms with van der Waals surface area (Å²) in [6.45, 7) is 2.62. The van der Waals surface area contributed by atoms with Crippen LogP contribution in [-0.4, -0.2) is 30.1 Å². The van der Waals surface area contributed by atoms with E-state index in [0.29, 0.717) is 11.1 Å². The Labute approximate surface area is 204 Å². The first-order valence-corrected chi connectivity index (χ1v) is 11.9. The van der Waals surface area contributed by atoms with Gasteiger partial charge in [0.05, 0.1) is 29.9 Å². The molecular weight excluding hydrogens is 438 g/mol. The third-order valence-corrected chi connectivity index (χ3v) is 6.86. The normalized spacial score (nSPS) is 19.1. The molecule has 35 heavy (non-hydrogen) atoms. The van der Waals surface area contributed by atoms with E-state index in [9.17, 15) is 9.59 Å². The van der Waals surface area contributed by atoms with Crippen molar-refractivity contribution in [3.05, 3.63) is 113 Å². The van der Waals surface area contributed by atoms with Crippen molar-refractivity contribution in [1.82, 2.24) is 4.98 Å². The van der Waals surface area contributed by atoms with Gasteiger partial charge in [-0.3, -0.25) is 4.98 Å². The summed E-state index contributed by atoms with van der Waals surface area (Å²) < 4.78 is 11.3. The predicted molar refractivity (Wildman–Crippen MR) is 134 cm³/mol. The average Bonchev–Trinajstić information content (AvgIpc) is 2.89. The zero-order chi connectivity index (χ0) is 24.2. The van der Waals surface area contributed by atoms with E-state index in [4.69, 9.17) is 14.5 Å². The first-order chi connectivity index (χ1) is 17.1. The Balaban J connectivity index is 1.33. The molecule has 1 aromatic heterocycles.